The molecule has 6 heteroatoms. The van der Waals surface area contributed by atoms with Crippen molar-refractivity contribution in [3.05, 3.63) is 95.0 Å². The van der Waals surface area contributed by atoms with Crippen LogP contribution in [0.25, 0.3) is 0 Å². The lowest BCUT2D eigenvalue weighted by Gasteiger charge is -2.10. The average Bonchev–Trinajstić information content (AvgIpc) is 2.64. The van der Waals surface area contributed by atoms with Gasteiger partial charge in [0.1, 0.15) is 0 Å². The summed E-state index contributed by atoms with van der Waals surface area (Å²) in [5.41, 5.74) is 1.82. The number of anilines is 1. The highest BCUT2D eigenvalue weighted by molar-refractivity contribution is 8.14. The van der Waals surface area contributed by atoms with Crippen molar-refractivity contribution in [2.24, 2.45) is 4.99 Å². The van der Waals surface area contributed by atoms with Gasteiger partial charge in [-0.15, -0.1) is 0 Å². The number of hydrogen-bond acceptors (Lipinski definition) is 4. The Labute approximate surface area is 149 Å². The summed E-state index contributed by atoms with van der Waals surface area (Å²) < 4.78 is 0. The van der Waals surface area contributed by atoms with Crippen molar-refractivity contribution in [2.75, 3.05) is 5.32 Å². The molecule has 5 nitrogen and oxygen atoms in total. The van der Waals surface area contributed by atoms with Crippen LogP contribution in [-0.4, -0.2) is 10.1 Å². The second kappa shape index (κ2) is 8.12. The monoisotopic (exact) mass is 349 g/mol. The molecule has 0 bridgehead atoms. The molecule has 3 aromatic carbocycles. The van der Waals surface area contributed by atoms with Crippen LogP contribution in [0.15, 0.2) is 94.8 Å². The number of benzene rings is 3. The van der Waals surface area contributed by atoms with E-state index in [1.807, 2.05) is 60.7 Å². The van der Waals surface area contributed by atoms with Gasteiger partial charge in [0.2, 0.25) is 0 Å². The molecule has 124 valence electrons. The van der Waals surface area contributed by atoms with E-state index in [9.17, 15) is 10.1 Å². The molecule has 0 aromatic heterocycles. The Morgan fingerprint density at radius 3 is 2.08 bits per heavy atom. The van der Waals surface area contributed by atoms with E-state index in [0.717, 1.165) is 16.3 Å². The Bertz CT molecular complexity index is 866. The number of nitro groups is 1. The van der Waals surface area contributed by atoms with Crippen LogP contribution in [-0.2, 0) is 0 Å². The van der Waals surface area contributed by atoms with Gasteiger partial charge in [-0.25, -0.2) is 4.99 Å². The second-order valence-electron chi connectivity index (χ2n) is 5.10. The molecule has 0 aliphatic carbocycles. The number of para-hydroxylation sites is 2. The van der Waals surface area contributed by atoms with E-state index >= 15 is 0 Å². The summed E-state index contributed by atoms with van der Waals surface area (Å²) in [6.45, 7) is 0. The molecule has 0 fully saturated rings. The molecule has 25 heavy (non-hydrogen) atoms. The van der Waals surface area contributed by atoms with Crippen LogP contribution < -0.4 is 5.32 Å². The Kier molecular flexibility index (Phi) is 5.43. The first-order valence-corrected chi connectivity index (χ1v) is 8.40. The molecule has 0 aliphatic rings. The second-order valence-corrected chi connectivity index (χ2v) is 6.16. The number of aliphatic imine (C=N–C) groups is 1. The summed E-state index contributed by atoms with van der Waals surface area (Å²) in [6.07, 6.45) is 0. The number of rotatable bonds is 4. The van der Waals surface area contributed by atoms with E-state index in [0.29, 0.717) is 5.17 Å². The van der Waals surface area contributed by atoms with Gasteiger partial charge in [0.15, 0.2) is 5.17 Å². The minimum absolute atomic E-state index is 0.0712. The Hall–Kier alpha value is -3.12. The van der Waals surface area contributed by atoms with Crippen molar-refractivity contribution in [3.8, 4) is 0 Å². The zero-order chi connectivity index (χ0) is 17.5. The van der Waals surface area contributed by atoms with Crippen molar-refractivity contribution in [1.29, 1.82) is 0 Å². The number of amidine groups is 1. The molecule has 0 radical (unpaired) electrons. The van der Waals surface area contributed by atoms with Gasteiger partial charge in [-0.05, 0) is 36.4 Å². The number of hydrogen-bond donors (Lipinski definition) is 1. The summed E-state index contributed by atoms with van der Waals surface area (Å²) in [7, 11) is 0. The maximum atomic E-state index is 10.8. The summed E-state index contributed by atoms with van der Waals surface area (Å²) in [5.74, 6) is 0. The SMILES string of the molecule is O=[N+]([O-])c1ccc(SC(=Nc2ccccc2)Nc2ccccc2)cc1. The highest BCUT2D eigenvalue weighted by atomic mass is 32.2. The summed E-state index contributed by atoms with van der Waals surface area (Å²) >= 11 is 1.42. The molecule has 0 saturated heterocycles. The van der Waals surface area contributed by atoms with E-state index < -0.39 is 4.92 Å². The van der Waals surface area contributed by atoms with Crippen LogP contribution >= 0.6 is 11.8 Å². The summed E-state index contributed by atoms with van der Waals surface area (Å²) in [5, 5.41) is 14.8. The van der Waals surface area contributed by atoms with Crippen LogP contribution in [0.3, 0.4) is 0 Å². The summed E-state index contributed by atoms with van der Waals surface area (Å²) in [4.78, 5) is 15.9. The lowest BCUT2D eigenvalue weighted by Crippen LogP contribution is -2.07. The Morgan fingerprint density at radius 2 is 1.48 bits per heavy atom. The molecule has 0 heterocycles. The van der Waals surface area contributed by atoms with Crippen LogP contribution in [0.4, 0.5) is 17.1 Å². The van der Waals surface area contributed by atoms with Crippen molar-refractivity contribution in [2.45, 2.75) is 4.90 Å². The van der Waals surface area contributed by atoms with Gasteiger partial charge in [-0.2, -0.15) is 0 Å². The smallest absolute Gasteiger partial charge is 0.269 e. The van der Waals surface area contributed by atoms with Gasteiger partial charge in [-0.1, -0.05) is 48.2 Å². The van der Waals surface area contributed by atoms with Crippen LogP contribution in [0.5, 0.6) is 0 Å². The number of non-ortho nitro benzene ring substituents is 1. The van der Waals surface area contributed by atoms with Crippen molar-refractivity contribution in [3.63, 3.8) is 0 Å². The van der Waals surface area contributed by atoms with Gasteiger partial charge in [-0.3, -0.25) is 10.1 Å². The third-order valence-electron chi connectivity index (χ3n) is 3.27. The third kappa shape index (κ3) is 4.92. The molecule has 3 aromatic rings. The molecule has 0 unspecified atom stereocenters. The molecule has 0 spiro atoms. The fourth-order valence-electron chi connectivity index (χ4n) is 2.09. The van der Waals surface area contributed by atoms with Crippen LogP contribution in [0.1, 0.15) is 0 Å². The van der Waals surface area contributed by atoms with E-state index in [4.69, 9.17) is 0 Å². The molecule has 1 N–H and O–H groups in total. The molecule has 0 atom stereocenters. The normalized spacial score (nSPS) is 11.1. The first kappa shape index (κ1) is 16.7. The highest BCUT2D eigenvalue weighted by Gasteiger charge is 2.08. The molecule has 3 rings (SSSR count). The number of thioether (sulfide) groups is 1. The lowest BCUT2D eigenvalue weighted by molar-refractivity contribution is -0.384. The lowest BCUT2D eigenvalue weighted by atomic mass is 10.3. The van der Waals surface area contributed by atoms with E-state index in [-0.39, 0.29) is 5.69 Å². The summed E-state index contributed by atoms with van der Waals surface area (Å²) in [6, 6.07) is 25.8. The number of nitrogens with one attached hydrogen (secondary N) is 1. The van der Waals surface area contributed by atoms with Crippen molar-refractivity contribution < 1.29 is 4.92 Å². The standard InChI is InChI=1S/C19H15N3O2S/c23-22(24)17-11-13-18(14-12-17)25-19(20-15-7-3-1-4-8-15)21-16-9-5-2-6-10-16/h1-14H,(H,20,21). The fraction of sp³-hybridized carbons (Fsp3) is 0. The fourth-order valence-corrected chi connectivity index (χ4v) is 2.90. The van der Waals surface area contributed by atoms with Gasteiger partial charge in [0.25, 0.3) is 5.69 Å². The first-order chi connectivity index (χ1) is 12.2. The van der Waals surface area contributed by atoms with Crippen molar-refractivity contribution >= 4 is 34.0 Å². The van der Waals surface area contributed by atoms with E-state index in [2.05, 4.69) is 10.3 Å². The molecular weight excluding hydrogens is 334 g/mol. The average molecular weight is 349 g/mol. The Balaban J connectivity index is 1.85. The molecule has 0 amide bonds. The minimum Gasteiger partial charge on any atom is -0.334 e. The molecule has 0 saturated carbocycles. The quantitative estimate of drug-likeness (QED) is 0.222. The Morgan fingerprint density at radius 1 is 0.880 bits per heavy atom. The van der Waals surface area contributed by atoms with E-state index in [1.165, 1.54) is 23.9 Å². The van der Waals surface area contributed by atoms with Gasteiger partial charge in [0, 0.05) is 22.7 Å². The zero-order valence-corrected chi connectivity index (χ0v) is 14.0. The predicted molar refractivity (Wildman–Crippen MR) is 103 cm³/mol. The van der Waals surface area contributed by atoms with Crippen LogP contribution in [0, 0.1) is 10.1 Å². The topological polar surface area (TPSA) is 67.5 Å². The van der Waals surface area contributed by atoms with Crippen LogP contribution in [0.2, 0.25) is 0 Å². The van der Waals surface area contributed by atoms with Gasteiger partial charge >= 0.3 is 0 Å². The number of nitro benzene ring substituents is 1. The maximum Gasteiger partial charge on any atom is 0.269 e. The molecular formula is C19H15N3O2S. The molecule has 0 aliphatic heterocycles. The zero-order valence-electron chi connectivity index (χ0n) is 13.2. The van der Waals surface area contributed by atoms with Gasteiger partial charge < -0.3 is 5.32 Å². The van der Waals surface area contributed by atoms with E-state index in [1.54, 1.807) is 12.1 Å². The largest absolute Gasteiger partial charge is 0.334 e. The maximum absolute atomic E-state index is 10.8. The highest BCUT2D eigenvalue weighted by Crippen LogP contribution is 2.25. The minimum atomic E-state index is -0.407. The van der Waals surface area contributed by atoms with Gasteiger partial charge in [0.05, 0.1) is 10.6 Å². The number of nitrogens with zero attached hydrogens (tertiary/aromatic N) is 2. The first-order valence-electron chi connectivity index (χ1n) is 7.59. The van der Waals surface area contributed by atoms with Crippen molar-refractivity contribution in [1.82, 2.24) is 0 Å². The third-order valence-corrected chi connectivity index (χ3v) is 4.17. The predicted octanol–water partition coefficient (Wildman–Crippen LogP) is 5.49.